The highest BCUT2D eigenvalue weighted by Crippen LogP contribution is 2.38. The highest BCUT2D eigenvalue weighted by Gasteiger charge is 2.40. The van der Waals surface area contributed by atoms with Crippen LogP contribution in [-0.2, 0) is 9.59 Å². The third-order valence-corrected chi connectivity index (χ3v) is 3.52. The summed E-state index contributed by atoms with van der Waals surface area (Å²) in [6.45, 7) is 4.16. The number of likely N-dealkylation sites (N-methyl/N-ethyl adjacent to an activating group) is 1. The molecule has 0 aromatic heterocycles. The molecular weight excluding hydrogens is 240 g/mol. The van der Waals surface area contributed by atoms with Crippen LogP contribution in [0.5, 0.6) is 0 Å². The zero-order valence-electron chi connectivity index (χ0n) is 11.6. The van der Waals surface area contributed by atoms with Crippen LogP contribution in [0.1, 0.15) is 18.9 Å². The molecule has 1 aromatic rings. The summed E-state index contributed by atoms with van der Waals surface area (Å²) in [7, 11) is 1.68. The molecule has 0 heterocycles. The van der Waals surface area contributed by atoms with Crippen LogP contribution in [0.3, 0.4) is 0 Å². The number of carbonyl (C=O) groups is 2. The summed E-state index contributed by atoms with van der Waals surface area (Å²) in [5.74, 6) is 0.506. The van der Waals surface area contributed by atoms with E-state index >= 15 is 0 Å². The van der Waals surface area contributed by atoms with Crippen LogP contribution >= 0.6 is 0 Å². The van der Waals surface area contributed by atoms with Gasteiger partial charge in [-0.25, -0.2) is 0 Å². The van der Waals surface area contributed by atoms with Gasteiger partial charge in [-0.1, -0.05) is 24.6 Å². The van der Waals surface area contributed by atoms with E-state index in [1.54, 1.807) is 7.05 Å². The third-order valence-electron chi connectivity index (χ3n) is 3.52. The Hall–Kier alpha value is -1.84. The molecule has 4 heteroatoms. The summed E-state index contributed by atoms with van der Waals surface area (Å²) >= 11 is 0. The topological polar surface area (TPSA) is 49.4 Å². The maximum atomic E-state index is 11.9. The molecule has 1 aliphatic carbocycles. The number of rotatable bonds is 4. The SMILES string of the molecule is Cc1ccc(NC(=O)CN(C)C(=O)[C@H]2C[C@H]2C)cc1. The Labute approximate surface area is 113 Å². The van der Waals surface area contributed by atoms with Crippen molar-refractivity contribution in [2.24, 2.45) is 11.8 Å². The van der Waals surface area contributed by atoms with E-state index in [0.717, 1.165) is 17.7 Å². The molecule has 0 bridgehead atoms. The van der Waals surface area contributed by atoms with Gasteiger partial charge in [-0.15, -0.1) is 0 Å². The molecular formula is C15H20N2O2. The van der Waals surface area contributed by atoms with Gasteiger partial charge < -0.3 is 10.2 Å². The number of benzene rings is 1. The monoisotopic (exact) mass is 260 g/mol. The second kappa shape index (κ2) is 5.43. The van der Waals surface area contributed by atoms with Gasteiger partial charge in [0, 0.05) is 18.7 Å². The van der Waals surface area contributed by atoms with Gasteiger partial charge in [0.25, 0.3) is 0 Å². The summed E-state index contributed by atoms with van der Waals surface area (Å²) in [5.41, 5.74) is 1.91. The Kier molecular flexibility index (Phi) is 3.88. The van der Waals surface area contributed by atoms with Crippen LogP contribution in [0.15, 0.2) is 24.3 Å². The second-order valence-electron chi connectivity index (χ2n) is 5.43. The van der Waals surface area contributed by atoms with Gasteiger partial charge in [0.2, 0.25) is 11.8 Å². The van der Waals surface area contributed by atoms with Gasteiger partial charge >= 0.3 is 0 Å². The maximum absolute atomic E-state index is 11.9. The van der Waals surface area contributed by atoms with E-state index in [1.165, 1.54) is 4.90 Å². The van der Waals surface area contributed by atoms with Gasteiger partial charge in [0.15, 0.2) is 0 Å². The van der Waals surface area contributed by atoms with Gasteiger partial charge in [-0.2, -0.15) is 0 Å². The number of nitrogens with zero attached hydrogens (tertiary/aromatic N) is 1. The molecule has 0 aliphatic heterocycles. The molecule has 1 saturated carbocycles. The minimum atomic E-state index is -0.159. The van der Waals surface area contributed by atoms with Gasteiger partial charge in [0.05, 0.1) is 6.54 Å². The lowest BCUT2D eigenvalue weighted by atomic mass is 10.2. The van der Waals surface area contributed by atoms with Crippen molar-refractivity contribution in [3.05, 3.63) is 29.8 Å². The van der Waals surface area contributed by atoms with Crippen molar-refractivity contribution >= 4 is 17.5 Å². The molecule has 19 heavy (non-hydrogen) atoms. The molecule has 2 amide bonds. The lowest BCUT2D eigenvalue weighted by molar-refractivity contribution is -0.134. The van der Waals surface area contributed by atoms with Crippen molar-refractivity contribution in [2.75, 3.05) is 18.9 Å². The van der Waals surface area contributed by atoms with Crippen LogP contribution in [0.2, 0.25) is 0 Å². The molecule has 2 rings (SSSR count). The molecule has 1 N–H and O–H groups in total. The minimum Gasteiger partial charge on any atom is -0.336 e. The average Bonchev–Trinajstić information content (AvgIpc) is 3.08. The minimum absolute atomic E-state index is 0.0755. The molecule has 4 nitrogen and oxygen atoms in total. The lowest BCUT2D eigenvalue weighted by Crippen LogP contribution is -2.36. The van der Waals surface area contributed by atoms with E-state index in [0.29, 0.717) is 5.92 Å². The van der Waals surface area contributed by atoms with Crippen molar-refractivity contribution in [3.8, 4) is 0 Å². The largest absolute Gasteiger partial charge is 0.336 e. The smallest absolute Gasteiger partial charge is 0.243 e. The van der Waals surface area contributed by atoms with Crippen molar-refractivity contribution in [3.63, 3.8) is 0 Å². The first-order valence-corrected chi connectivity index (χ1v) is 6.59. The molecule has 2 atom stereocenters. The third kappa shape index (κ3) is 3.56. The van der Waals surface area contributed by atoms with E-state index < -0.39 is 0 Å². The average molecular weight is 260 g/mol. The van der Waals surface area contributed by atoms with Crippen molar-refractivity contribution in [1.29, 1.82) is 0 Å². The first-order valence-electron chi connectivity index (χ1n) is 6.59. The number of nitrogens with one attached hydrogen (secondary N) is 1. The fourth-order valence-electron chi connectivity index (χ4n) is 2.08. The first kappa shape index (κ1) is 13.6. The Morgan fingerprint density at radius 2 is 1.89 bits per heavy atom. The maximum Gasteiger partial charge on any atom is 0.243 e. The highest BCUT2D eigenvalue weighted by atomic mass is 16.2. The van der Waals surface area contributed by atoms with E-state index in [1.807, 2.05) is 31.2 Å². The van der Waals surface area contributed by atoms with Crippen LogP contribution in [0.4, 0.5) is 5.69 Å². The molecule has 0 unspecified atom stereocenters. The molecule has 1 aromatic carbocycles. The zero-order valence-corrected chi connectivity index (χ0v) is 11.6. The van der Waals surface area contributed by atoms with E-state index in [-0.39, 0.29) is 24.3 Å². The quantitative estimate of drug-likeness (QED) is 0.900. The molecule has 1 aliphatic rings. The van der Waals surface area contributed by atoms with Gasteiger partial charge in [-0.3, -0.25) is 9.59 Å². The van der Waals surface area contributed by atoms with E-state index in [2.05, 4.69) is 12.2 Å². The number of anilines is 1. The Morgan fingerprint density at radius 1 is 1.32 bits per heavy atom. The van der Waals surface area contributed by atoms with Crippen LogP contribution in [0, 0.1) is 18.8 Å². The predicted octanol–water partition coefficient (Wildman–Crippen LogP) is 2.05. The molecule has 0 saturated heterocycles. The number of hydrogen-bond acceptors (Lipinski definition) is 2. The van der Waals surface area contributed by atoms with E-state index in [9.17, 15) is 9.59 Å². The molecule has 102 valence electrons. The fraction of sp³-hybridized carbons (Fsp3) is 0.467. The number of hydrogen-bond donors (Lipinski definition) is 1. The normalized spacial score (nSPS) is 20.8. The Morgan fingerprint density at radius 3 is 2.42 bits per heavy atom. The number of amides is 2. The Bertz CT molecular complexity index is 481. The molecule has 0 spiro atoms. The summed E-state index contributed by atoms with van der Waals surface area (Å²) in [5, 5.41) is 2.79. The van der Waals surface area contributed by atoms with Crippen LogP contribution < -0.4 is 5.32 Å². The summed E-state index contributed by atoms with van der Waals surface area (Å²) in [6.07, 6.45) is 0.947. The van der Waals surface area contributed by atoms with Gasteiger partial charge in [0.1, 0.15) is 0 Å². The van der Waals surface area contributed by atoms with Crippen LogP contribution in [-0.4, -0.2) is 30.3 Å². The number of aryl methyl sites for hydroxylation is 1. The van der Waals surface area contributed by atoms with Crippen molar-refractivity contribution in [2.45, 2.75) is 20.3 Å². The van der Waals surface area contributed by atoms with E-state index in [4.69, 9.17) is 0 Å². The lowest BCUT2D eigenvalue weighted by Gasteiger charge is -2.16. The van der Waals surface area contributed by atoms with Crippen molar-refractivity contribution in [1.82, 2.24) is 4.90 Å². The second-order valence-corrected chi connectivity index (χ2v) is 5.43. The van der Waals surface area contributed by atoms with Crippen molar-refractivity contribution < 1.29 is 9.59 Å². The molecule has 1 fully saturated rings. The molecule has 0 radical (unpaired) electrons. The van der Waals surface area contributed by atoms with Gasteiger partial charge in [-0.05, 0) is 31.4 Å². The standard InChI is InChI=1S/C15H20N2O2/c1-10-4-6-12(7-5-10)16-14(18)9-17(3)15(19)13-8-11(13)2/h4-7,11,13H,8-9H2,1-3H3,(H,16,18)/t11-,13+/m1/s1. The zero-order chi connectivity index (χ0) is 14.0. The van der Waals surface area contributed by atoms with Crippen LogP contribution in [0.25, 0.3) is 0 Å². The summed E-state index contributed by atoms with van der Waals surface area (Å²) in [4.78, 5) is 25.2. The highest BCUT2D eigenvalue weighted by molar-refractivity contribution is 5.95. The predicted molar refractivity (Wildman–Crippen MR) is 74.7 cm³/mol. The summed E-state index contributed by atoms with van der Waals surface area (Å²) < 4.78 is 0. The number of carbonyl (C=O) groups excluding carboxylic acids is 2. The Balaban J connectivity index is 1.83. The fourth-order valence-corrected chi connectivity index (χ4v) is 2.08. The first-order chi connectivity index (χ1) is 8.97. The summed E-state index contributed by atoms with van der Waals surface area (Å²) in [6, 6.07) is 7.60.